The Morgan fingerprint density at radius 3 is 1.50 bits per heavy atom. The summed E-state index contributed by atoms with van der Waals surface area (Å²) in [5.74, 6) is 0. The highest BCUT2D eigenvalue weighted by Crippen LogP contribution is 2.31. The summed E-state index contributed by atoms with van der Waals surface area (Å²) in [7, 11) is -7.40. The molecule has 0 amide bonds. The molecule has 2 aliphatic rings. The molecule has 2 heterocycles. The molecule has 0 spiro atoms. The molecule has 0 aliphatic carbocycles. The highest BCUT2D eigenvalue weighted by molar-refractivity contribution is 7.92. The van der Waals surface area contributed by atoms with Crippen molar-refractivity contribution in [3.63, 3.8) is 0 Å². The van der Waals surface area contributed by atoms with E-state index in [1.54, 1.807) is 0 Å². The van der Waals surface area contributed by atoms with Crippen molar-refractivity contribution in [3.05, 3.63) is 0 Å². The summed E-state index contributed by atoms with van der Waals surface area (Å²) < 4.78 is 52.6. The lowest BCUT2D eigenvalue weighted by Crippen LogP contribution is -2.27. The molecule has 2 atom stereocenters. The van der Waals surface area contributed by atoms with Crippen LogP contribution >= 0.6 is 0 Å². The van der Waals surface area contributed by atoms with E-state index in [-0.39, 0.29) is 13.2 Å². The third-order valence-electron chi connectivity index (χ3n) is 1.95. The summed E-state index contributed by atoms with van der Waals surface area (Å²) in [6, 6.07) is 0. The third kappa shape index (κ3) is 0.987. The first kappa shape index (κ1) is 8.42. The van der Waals surface area contributed by atoms with Gasteiger partial charge in [-0.25, -0.2) is 0 Å². The molecule has 0 aromatic heterocycles. The lowest BCUT2D eigenvalue weighted by atomic mass is 10.3. The fraction of sp³-hybridized carbons (Fsp3) is 1.00. The first-order chi connectivity index (χ1) is 5.43. The van der Waals surface area contributed by atoms with Crippen LogP contribution in [0.15, 0.2) is 0 Å². The molecular formula is C4H6O6S2. The van der Waals surface area contributed by atoms with Crippen LogP contribution in [0, 0.1) is 0 Å². The monoisotopic (exact) mass is 214 g/mol. The van der Waals surface area contributed by atoms with Crippen LogP contribution in [0.5, 0.6) is 0 Å². The first-order valence-corrected chi connectivity index (χ1v) is 6.14. The van der Waals surface area contributed by atoms with Crippen molar-refractivity contribution >= 4 is 20.2 Å². The van der Waals surface area contributed by atoms with Crippen LogP contribution < -0.4 is 0 Å². The molecule has 8 heteroatoms. The quantitative estimate of drug-likeness (QED) is 0.453. The second-order valence-corrected chi connectivity index (χ2v) is 6.29. The van der Waals surface area contributed by atoms with E-state index in [2.05, 4.69) is 8.37 Å². The van der Waals surface area contributed by atoms with Crippen molar-refractivity contribution in [3.8, 4) is 0 Å². The van der Waals surface area contributed by atoms with Gasteiger partial charge in [0.15, 0.2) is 0 Å². The van der Waals surface area contributed by atoms with Gasteiger partial charge in [-0.2, -0.15) is 16.8 Å². The van der Waals surface area contributed by atoms with E-state index in [1.165, 1.54) is 0 Å². The maximum Gasteiger partial charge on any atom is 0.274 e. The number of rotatable bonds is 0. The van der Waals surface area contributed by atoms with E-state index < -0.39 is 30.7 Å². The van der Waals surface area contributed by atoms with Gasteiger partial charge in [0.25, 0.3) is 20.2 Å². The van der Waals surface area contributed by atoms with Gasteiger partial charge in [-0.1, -0.05) is 0 Å². The Hall–Kier alpha value is -0.180. The maximum atomic E-state index is 11.0. The van der Waals surface area contributed by atoms with Crippen molar-refractivity contribution < 1.29 is 25.2 Å². The SMILES string of the molecule is O=S1(=O)OCC2C1COS2(=O)=O. The van der Waals surface area contributed by atoms with E-state index in [4.69, 9.17) is 0 Å². The minimum Gasteiger partial charge on any atom is -0.268 e. The molecule has 2 aliphatic heterocycles. The molecule has 2 rings (SSSR count). The van der Waals surface area contributed by atoms with E-state index in [0.717, 1.165) is 0 Å². The zero-order chi connectivity index (χ0) is 8.98. The molecule has 2 fully saturated rings. The van der Waals surface area contributed by atoms with Gasteiger partial charge in [0.05, 0.1) is 13.2 Å². The minimum absolute atomic E-state index is 0.310. The van der Waals surface area contributed by atoms with Crippen molar-refractivity contribution in [2.24, 2.45) is 0 Å². The molecule has 70 valence electrons. The van der Waals surface area contributed by atoms with Gasteiger partial charge in [0, 0.05) is 0 Å². The summed E-state index contributed by atoms with van der Waals surface area (Å²) in [6.45, 7) is -0.620. The summed E-state index contributed by atoms with van der Waals surface area (Å²) in [5.41, 5.74) is 0. The smallest absolute Gasteiger partial charge is 0.268 e. The molecule has 2 saturated heterocycles. The molecule has 0 radical (unpaired) electrons. The Balaban J connectivity index is 2.48. The lowest BCUT2D eigenvalue weighted by Gasteiger charge is -1.97. The minimum atomic E-state index is -3.70. The van der Waals surface area contributed by atoms with E-state index in [0.29, 0.717) is 0 Å². The number of hydrogen-bond acceptors (Lipinski definition) is 6. The fourth-order valence-electron chi connectivity index (χ4n) is 1.25. The van der Waals surface area contributed by atoms with Crippen LogP contribution in [-0.2, 0) is 28.6 Å². The Labute approximate surface area is 69.7 Å². The summed E-state index contributed by atoms with van der Waals surface area (Å²) in [5, 5.41) is -2.05. The third-order valence-corrected chi connectivity index (χ3v) is 5.46. The number of hydrogen-bond donors (Lipinski definition) is 0. The van der Waals surface area contributed by atoms with Crippen molar-refractivity contribution in [1.29, 1.82) is 0 Å². The van der Waals surface area contributed by atoms with E-state index >= 15 is 0 Å². The van der Waals surface area contributed by atoms with E-state index in [9.17, 15) is 16.8 Å². The maximum absolute atomic E-state index is 11.0. The van der Waals surface area contributed by atoms with Gasteiger partial charge in [-0.3, -0.25) is 8.37 Å². The molecule has 12 heavy (non-hydrogen) atoms. The second-order valence-electron chi connectivity index (χ2n) is 2.63. The predicted molar refractivity (Wildman–Crippen MR) is 37.3 cm³/mol. The fourth-order valence-corrected chi connectivity index (χ4v) is 4.63. The van der Waals surface area contributed by atoms with Crippen molar-refractivity contribution in [1.82, 2.24) is 0 Å². The Morgan fingerprint density at radius 2 is 1.17 bits per heavy atom. The second kappa shape index (κ2) is 2.19. The number of fused-ring (bicyclic) bond motifs is 1. The average Bonchev–Trinajstić information content (AvgIpc) is 2.36. The van der Waals surface area contributed by atoms with Gasteiger partial charge >= 0.3 is 0 Å². The summed E-state index contributed by atoms with van der Waals surface area (Å²) in [4.78, 5) is 0. The van der Waals surface area contributed by atoms with Crippen LogP contribution in [0.3, 0.4) is 0 Å². The highest BCUT2D eigenvalue weighted by atomic mass is 32.2. The van der Waals surface area contributed by atoms with E-state index in [1.807, 2.05) is 0 Å². The molecule has 0 saturated carbocycles. The van der Waals surface area contributed by atoms with Gasteiger partial charge in [0.1, 0.15) is 10.5 Å². The Morgan fingerprint density at radius 1 is 0.833 bits per heavy atom. The average molecular weight is 214 g/mol. The molecule has 6 nitrogen and oxygen atoms in total. The van der Waals surface area contributed by atoms with Gasteiger partial charge < -0.3 is 0 Å². The van der Waals surface area contributed by atoms with Crippen LogP contribution in [0.25, 0.3) is 0 Å². The van der Waals surface area contributed by atoms with Gasteiger partial charge in [-0.15, -0.1) is 0 Å². The normalized spacial score (nSPS) is 42.7. The molecule has 0 N–H and O–H groups in total. The van der Waals surface area contributed by atoms with Crippen molar-refractivity contribution in [2.45, 2.75) is 10.5 Å². The Bertz CT molecular complexity index is 351. The standard InChI is InChI=1S/C4H6O6S2/c5-11(6)3-1-9-12(7,8)4(3)2-10-11/h3-4H,1-2H2. The largest absolute Gasteiger partial charge is 0.274 e. The van der Waals surface area contributed by atoms with Crippen LogP contribution in [0.1, 0.15) is 0 Å². The van der Waals surface area contributed by atoms with Crippen molar-refractivity contribution in [2.75, 3.05) is 13.2 Å². The van der Waals surface area contributed by atoms with Gasteiger partial charge in [0.2, 0.25) is 0 Å². The van der Waals surface area contributed by atoms with Crippen LogP contribution in [0.4, 0.5) is 0 Å². The molecule has 0 bridgehead atoms. The first-order valence-electron chi connectivity index (χ1n) is 3.20. The summed E-state index contributed by atoms with van der Waals surface area (Å²) in [6.07, 6.45) is 0. The topological polar surface area (TPSA) is 86.7 Å². The zero-order valence-electron chi connectivity index (χ0n) is 5.83. The molecular weight excluding hydrogens is 208 g/mol. The molecule has 2 unspecified atom stereocenters. The van der Waals surface area contributed by atoms with Gasteiger partial charge in [-0.05, 0) is 0 Å². The predicted octanol–water partition coefficient (Wildman–Crippen LogP) is -1.56. The molecule has 0 aromatic carbocycles. The summed E-state index contributed by atoms with van der Waals surface area (Å²) >= 11 is 0. The lowest BCUT2D eigenvalue weighted by molar-refractivity contribution is 0.329. The van der Waals surface area contributed by atoms with Crippen LogP contribution in [0.2, 0.25) is 0 Å². The molecule has 0 aromatic rings. The van der Waals surface area contributed by atoms with Crippen LogP contribution in [-0.4, -0.2) is 40.5 Å². The Kier molecular flexibility index (Phi) is 1.54. The zero-order valence-corrected chi connectivity index (χ0v) is 7.47. The highest BCUT2D eigenvalue weighted by Gasteiger charge is 2.54.